The van der Waals surface area contributed by atoms with Crippen LogP contribution in [0.1, 0.15) is 59.3 Å². The molecule has 0 spiro atoms. The van der Waals surface area contributed by atoms with Crippen LogP contribution in [0.15, 0.2) is 0 Å². The van der Waals surface area contributed by atoms with Crippen LogP contribution >= 0.6 is 0 Å². The van der Waals surface area contributed by atoms with Crippen LogP contribution in [0.25, 0.3) is 0 Å². The van der Waals surface area contributed by atoms with Crippen LogP contribution in [0.4, 0.5) is 0 Å². The van der Waals surface area contributed by atoms with Gasteiger partial charge in [0, 0.05) is 12.6 Å². The number of amides is 1. The first-order valence-corrected chi connectivity index (χ1v) is 8.07. The van der Waals surface area contributed by atoms with E-state index in [4.69, 9.17) is 0 Å². The average Bonchev–Trinajstić information content (AvgIpc) is 2.78. The molecule has 1 amide bonds. The summed E-state index contributed by atoms with van der Waals surface area (Å²) in [4.78, 5) is 12.7. The first-order chi connectivity index (χ1) is 9.05. The molecule has 0 aromatic heterocycles. The Kier molecular flexibility index (Phi) is 4.88. The zero-order chi connectivity index (χ0) is 13.9. The molecule has 1 heterocycles. The lowest BCUT2D eigenvalue weighted by Crippen LogP contribution is -2.48. The van der Waals surface area contributed by atoms with Gasteiger partial charge in [-0.05, 0) is 50.5 Å². The van der Waals surface area contributed by atoms with E-state index in [2.05, 4.69) is 31.4 Å². The summed E-state index contributed by atoms with van der Waals surface area (Å²) in [5.74, 6) is 1.81. The van der Waals surface area contributed by atoms with Crippen molar-refractivity contribution in [1.29, 1.82) is 0 Å². The first kappa shape index (κ1) is 14.8. The zero-order valence-electron chi connectivity index (χ0n) is 12.8. The molecule has 2 rings (SSSR count). The molecule has 0 radical (unpaired) electrons. The lowest BCUT2D eigenvalue weighted by atomic mass is 9.78. The Labute approximate surface area is 117 Å². The zero-order valence-corrected chi connectivity index (χ0v) is 12.8. The highest BCUT2D eigenvalue weighted by Gasteiger charge is 2.41. The Morgan fingerprint density at radius 1 is 1.26 bits per heavy atom. The molecule has 3 nitrogen and oxygen atoms in total. The van der Waals surface area contributed by atoms with Crippen LogP contribution in [-0.2, 0) is 4.79 Å². The summed E-state index contributed by atoms with van der Waals surface area (Å²) in [6.07, 6.45) is 6.74. The van der Waals surface area contributed by atoms with Crippen molar-refractivity contribution in [3.63, 3.8) is 0 Å². The molecule has 3 atom stereocenters. The second-order valence-corrected chi connectivity index (χ2v) is 7.04. The van der Waals surface area contributed by atoms with E-state index in [1.807, 2.05) is 0 Å². The maximum absolute atomic E-state index is 12.7. The molecule has 1 aliphatic heterocycles. The van der Waals surface area contributed by atoms with E-state index in [0.29, 0.717) is 11.9 Å². The van der Waals surface area contributed by atoms with E-state index in [-0.39, 0.29) is 5.41 Å². The summed E-state index contributed by atoms with van der Waals surface area (Å²) in [5.41, 5.74) is -0.126. The Morgan fingerprint density at radius 2 is 1.95 bits per heavy atom. The molecule has 19 heavy (non-hydrogen) atoms. The minimum atomic E-state index is -0.126. The maximum atomic E-state index is 12.7. The summed E-state index contributed by atoms with van der Waals surface area (Å²) in [6, 6.07) is 0.403. The molecule has 1 aliphatic carbocycles. The first-order valence-electron chi connectivity index (χ1n) is 8.07. The minimum Gasteiger partial charge on any atom is -0.353 e. The van der Waals surface area contributed by atoms with Gasteiger partial charge in [-0.25, -0.2) is 0 Å². The third kappa shape index (κ3) is 3.50. The van der Waals surface area contributed by atoms with Crippen molar-refractivity contribution in [2.24, 2.45) is 17.3 Å². The summed E-state index contributed by atoms with van der Waals surface area (Å²) in [5, 5.41) is 6.74. The van der Waals surface area contributed by atoms with Crippen molar-refractivity contribution < 1.29 is 4.79 Å². The van der Waals surface area contributed by atoms with Crippen molar-refractivity contribution >= 4 is 5.91 Å². The average molecular weight is 266 g/mol. The molecular weight excluding hydrogens is 236 g/mol. The predicted octanol–water partition coefficient (Wildman–Crippen LogP) is 2.71. The number of carbonyl (C=O) groups is 1. The normalized spacial score (nSPS) is 39.2. The SMILES string of the molecule is CCCC1(C(=O)NC2CC(C)CC(C)C2)CCNC1. The second kappa shape index (κ2) is 6.25. The third-order valence-electron chi connectivity index (χ3n) is 4.97. The van der Waals surface area contributed by atoms with Crippen LogP contribution < -0.4 is 10.6 Å². The van der Waals surface area contributed by atoms with Crippen LogP contribution in [0, 0.1) is 17.3 Å². The van der Waals surface area contributed by atoms with Gasteiger partial charge in [-0.2, -0.15) is 0 Å². The summed E-state index contributed by atoms with van der Waals surface area (Å²) < 4.78 is 0. The van der Waals surface area contributed by atoms with E-state index in [1.165, 1.54) is 6.42 Å². The Hall–Kier alpha value is -0.570. The van der Waals surface area contributed by atoms with Gasteiger partial charge in [0.05, 0.1) is 5.41 Å². The molecule has 1 saturated carbocycles. The summed E-state index contributed by atoms with van der Waals surface area (Å²) >= 11 is 0. The number of carbonyl (C=O) groups excluding carboxylic acids is 1. The highest BCUT2D eigenvalue weighted by atomic mass is 16.2. The van der Waals surface area contributed by atoms with Crippen LogP contribution in [0.3, 0.4) is 0 Å². The van der Waals surface area contributed by atoms with Crippen LogP contribution in [0.2, 0.25) is 0 Å². The van der Waals surface area contributed by atoms with Gasteiger partial charge >= 0.3 is 0 Å². The monoisotopic (exact) mass is 266 g/mol. The fourth-order valence-electron chi connectivity index (χ4n) is 4.15. The van der Waals surface area contributed by atoms with E-state index < -0.39 is 0 Å². The largest absolute Gasteiger partial charge is 0.353 e. The van der Waals surface area contributed by atoms with Crippen molar-refractivity contribution in [3.05, 3.63) is 0 Å². The van der Waals surface area contributed by atoms with Crippen LogP contribution in [0.5, 0.6) is 0 Å². The second-order valence-electron chi connectivity index (χ2n) is 7.04. The Bertz CT molecular complexity index is 300. The lowest BCUT2D eigenvalue weighted by Gasteiger charge is -2.35. The van der Waals surface area contributed by atoms with Crippen LogP contribution in [-0.4, -0.2) is 25.0 Å². The van der Waals surface area contributed by atoms with E-state index in [9.17, 15) is 4.79 Å². The van der Waals surface area contributed by atoms with Gasteiger partial charge in [0.25, 0.3) is 0 Å². The van der Waals surface area contributed by atoms with Gasteiger partial charge in [0.15, 0.2) is 0 Å². The van der Waals surface area contributed by atoms with E-state index in [1.54, 1.807) is 0 Å². The molecule has 0 bridgehead atoms. The number of hydrogen-bond acceptors (Lipinski definition) is 2. The van der Waals surface area contributed by atoms with Gasteiger partial charge in [-0.1, -0.05) is 27.2 Å². The minimum absolute atomic E-state index is 0.126. The highest BCUT2D eigenvalue weighted by molar-refractivity contribution is 5.83. The fourth-order valence-corrected chi connectivity index (χ4v) is 4.15. The van der Waals surface area contributed by atoms with Gasteiger partial charge in [0.1, 0.15) is 0 Å². The fraction of sp³-hybridized carbons (Fsp3) is 0.938. The van der Waals surface area contributed by atoms with Crippen molar-refractivity contribution in [2.75, 3.05) is 13.1 Å². The molecular formula is C16H30N2O. The predicted molar refractivity (Wildman–Crippen MR) is 78.9 cm³/mol. The summed E-state index contributed by atoms with van der Waals surface area (Å²) in [6.45, 7) is 8.66. The molecule has 3 unspecified atom stereocenters. The maximum Gasteiger partial charge on any atom is 0.227 e. The quantitative estimate of drug-likeness (QED) is 0.821. The van der Waals surface area contributed by atoms with Crippen molar-refractivity contribution in [3.8, 4) is 0 Å². The molecule has 0 aromatic carbocycles. The molecule has 2 aliphatic rings. The van der Waals surface area contributed by atoms with Gasteiger partial charge in [-0.15, -0.1) is 0 Å². The molecule has 1 saturated heterocycles. The molecule has 3 heteroatoms. The molecule has 110 valence electrons. The van der Waals surface area contributed by atoms with Gasteiger partial charge < -0.3 is 10.6 Å². The molecule has 0 aromatic rings. The highest BCUT2D eigenvalue weighted by Crippen LogP contribution is 2.33. The Morgan fingerprint density at radius 3 is 2.47 bits per heavy atom. The van der Waals surface area contributed by atoms with Gasteiger partial charge in [0.2, 0.25) is 5.91 Å². The lowest BCUT2D eigenvalue weighted by molar-refractivity contribution is -0.131. The number of hydrogen-bond donors (Lipinski definition) is 2. The smallest absolute Gasteiger partial charge is 0.227 e. The van der Waals surface area contributed by atoms with Crippen molar-refractivity contribution in [2.45, 2.75) is 65.3 Å². The van der Waals surface area contributed by atoms with Crippen molar-refractivity contribution in [1.82, 2.24) is 10.6 Å². The van der Waals surface area contributed by atoms with Gasteiger partial charge in [-0.3, -0.25) is 4.79 Å². The number of nitrogens with one attached hydrogen (secondary N) is 2. The summed E-state index contributed by atoms with van der Waals surface area (Å²) in [7, 11) is 0. The molecule has 2 N–H and O–H groups in total. The topological polar surface area (TPSA) is 41.1 Å². The number of rotatable bonds is 4. The third-order valence-corrected chi connectivity index (χ3v) is 4.97. The van der Waals surface area contributed by atoms with E-state index >= 15 is 0 Å². The Balaban J connectivity index is 1.95. The molecule has 2 fully saturated rings. The van der Waals surface area contributed by atoms with E-state index in [0.717, 1.165) is 57.0 Å². The standard InChI is InChI=1S/C16H30N2O/c1-4-5-16(6-7-17-11-16)15(19)18-14-9-12(2)8-13(3)10-14/h12-14,17H,4-11H2,1-3H3,(H,18,19).